The molecule has 0 rings (SSSR count). The molecule has 0 N–H and O–H groups in total. The van der Waals surface area contributed by atoms with Crippen LogP contribution in [0.1, 0.15) is 27.2 Å². The van der Waals surface area contributed by atoms with E-state index in [0.717, 1.165) is 5.75 Å². The van der Waals surface area contributed by atoms with Crippen molar-refractivity contribution in [3.05, 3.63) is 0 Å². The molecule has 0 amide bonds. The van der Waals surface area contributed by atoms with Gasteiger partial charge in [-0.3, -0.25) is 0 Å². The normalized spacial score (nSPS) is 7.80. The minimum atomic E-state index is 0. The van der Waals surface area contributed by atoms with Gasteiger partial charge < -0.3 is 5.11 Å². The van der Waals surface area contributed by atoms with Gasteiger partial charge in [-0.15, -0.1) is 6.61 Å². The van der Waals surface area contributed by atoms with Crippen molar-refractivity contribution in [2.75, 3.05) is 12.4 Å². The fraction of sp³-hybridized carbons (Fsp3) is 1.00. The first-order chi connectivity index (χ1) is 4.18. The van der Waals surface area contributed by atoms with Gasteiger partial charge in [0.2, 0.25) is 0 Å². The summed E-state index contributed by atoms with van der Waals surface area (Å²) in [5, 5.41) is 9.63. The zero-order valence-electron chi connectivity index (χ0n) is 7.55. The smallest absolute Gasteiger partial charge is 0.854 e. The van der Waals surface area contributed by atoms with Gasteiger partial charge in [-0.05, 0) is 12.2 Å². The van der Waals surface area contributed by atoms with E-state index in [4.69, 9.17) is 0 Å². The monoisotopic (exact) mass is 172 g/mol. The van der Waals surface area contributed by atoms with E-state index in [1.165, 1.54) is 6.42 Å². The Morgan fingerprint density at radius 2 is 1.60 bits per heavy atom. The quantitative estimate of drug-likeness (QED) is 0.391. The third-order valence-corrected chi connectivity index (χ3v) is 1.00. The molecule has 0 aromatic carbocycles. The summed E-state index contributed by atoms with van der Waals surface area (Å²) in [5.41, 5.74) is 0. The number of thiol groups is 1. The molecule has 0 spiro atoms. The minimum Gasteiger partial charge on any atom is -0.854 e. The molecule has 1 nitrogen and oxygen atoms in total. The van der Waals surface area contributed by atoms with E-state index < -0.39 is 0 Å². The van der Waals surface area contributed by atoms with Gasteiger partial charge in [0, 0.05) is 0 Å². The fourth-order valence-electron chi connectivity index (χ4n) is 0. The van der Waals surface area contributed by atoms with E-state index in [1.54, 1.807) is 0 Å². The summed E-state index contributed by atoms with van der Waals surface area (Å²) in [6, 6.07) is 0. The molecule has 0 bridgehead atoms. The molecule has 0 aliphatic rings. The first kappa shape index (κ1) is 17.4. The van der Waals surface area contributed by atoms with Crippen molar-refractivity contribution in [3.8, 4) is 0 Å². The van der Waals surface area contributed by atoms with Crippen molar-refractivity contribution in [1.82, 2.24) is 0 Å². The van der Waals surface area contributed by atoms with Crippen molar-refractivity contribution in [2.45, 2.75) is 27.2 Å². The second-order valence-electron chi connectivity index (χ2n) is 2.28. The second kappa shape index (κ2) is 16.7. The van der Waals surface area contributed by atoms with Crippen molar-refractivity contribution >= 4 is 12.6 Å². The van der Waals surface area contributed by atoms with E-state index in [2.05, 4.69) is 19.6 Å². The molecule has 0 saturated heterocycles. The number of hydrogen-bond donors (Lipinski definition) is 1. The van der Waals surface area contributed by atoms with Crippen LogP contribution in [0.4, 0.5) is 0 Å². The predicted molar refractivity (Wildman–Crippen MR) is 43.8 cm³/mol. The molecule has 0 aliphatic heterocycles. The summed E-state index contributed by atoms with van der Waals surface area (Å²) in [7, 11) is 0. The third-order valence-electron chi connectivity index (χ3n) is 0.557. The van der Waals surface area contributed by atoms with Crippen molar-refractivity contribution in [1.29, 1.82) is 0 Å². The molecule has 0 heterocycles. The van der Waals surface area contributed by atoms with Gasteiger partial charge in [-0.2, -0.15) is 12.6 Å². The molecule has 0 aromatic heterocycles. The Hall–Kier alpha value is 1.31. The van der Waals surface area contributed by atoms with Gasteiger partial charge in [0.1, 0.15) is 0 Å². The second-order valence-corrected chi connectivity index (χ2v) is 2.73. The zero-order valence-corrected chi connectivity index (χ0v) is 10.4. The molecule has 0 aliphatic carbocycles. The molecule has 0 fully saturated rings. The SMILES string of the molecule is CC(C)C[O-].CCCS.[Na+]. The minimum absolute atomic E-state index is 0. The molecule has 58 valence electrons. The van der Waals surface area contributed by atoms with Crippen LogP contribution in [0.5, 0.6) is 0 Å². The Morgan fingerprint density at radius 3 is 1.60 bits per heavy atom. The van der Waals surface area contributed by atoms with E-state index in [-0.39, 0.29) is 36.2 Å². The van der Waals surface area contributed by atoms with Gasteiger partial charge in [0.25, 0.3) is 0 Å². The van der Waals surface area contributed by atoms with Gasteiger partial charge in [0.15, 0.2) is 0 Å². The number of rotatable bonds is 2. The van der Waals surface area contributed by atoms with Crippen LogP contribution in [0.15, 0.2) is 0 Å². The molecule has 0 aromatic rings. The number of hydrogen-bond acceptors (Lipinski definition) is 2. The van der Waals surface area contributed by atoms with Crippen LogP contribution < -0.4 is 34.7 Å². The maximum Gasteiger partial charge on any atom is 1.00 e. The van der Waals surface area contributed by atoms with Crippen LogP contribution in [-0.4, -0.2) is 12.4 Å². The summed E-state index contributed by atoms with van der Waals surface area (Å²) < 4.78 is 0. The molecule has 0 radical (unpaired) electrons. The van der Waals surface area contributed by atoms with Crippen molar-refractivity contribution in [2.24, 2.45) is 5.92 Å². The van der Waals surface area contributed by atoms with E-state index in [9.17, 15) is 5.11 Å². The fourth-order valence-corrected chi connectivity index (χ4v) is 0. The van der Waals surface area contributed by atoms with Crippen LogP contribution in [-0.2, 0) is 0 Å². The average molecular weight is 172 g/mol. The standard InChI is InChI=1S/C4H9O.C3H8S.Na/c1-4(2)3-5;1-2-3-4;/h4H,3H2,1-2H3;4H,2-3H2,1H3;/q-1;;+1. The maximum absolute atomic E-state index is 9.63. The van der Waals surface area contributed by atoms with E-state index in [0.29, 0.717) is 5.92 Å². The first-order valence-electron chi connectivity index (χ1n) is 3.37. The molecular formula is C7H17NaOS. The van der Waals surface area contributed by atoms with Crippen molar-refractivity contribution < 1.29 is 34.7 Å². The van der Waals surface area contributed by atoms with Gasteiger partial charge in [-0.1, -0.05) is 26.7 Å². The largest absolute Gasteiger partial charge is 1.00 e. The van der Waals surface area contributed by atoms with Gasteiger partial charge >= 0.3 is 29.6 Å². The first-order valence-corrected chi connectivity index (χ1v) is 4.01. The van der Waals surface area contributed by atoms with Crippen LogP contribution in [0.3, 0.4) is 0 Å². The Labute approximate surface area is 92.3 Å². The van der Waals surface area contributed by atoms with Crippen LogP contribution in [0.2, 0.25) is 0 Å². The van der Waals surface area contributed by atoms with E-state index in [1.807, 2.05) is 13.8 Å². The van der Waals surface area contributed by atoms with Gasteiger partial charge in [-0.25, -0.2) is 0 Å². The van der Waals surface area contributed by atoms with Crippen LogP contribution in [0.25, 0.3) is 0 Å². The van der Waals surface area contributed by atoms with Crippen LogP contribution >= 0.6 is 12.6 Å². The Bertz CT molecular complexity index is 40.6. The zero-order chi connectivity index (χ0) is 7.70. The Balaban J connectivity index is -0.0000000910. The van der Waals surface area contributed by atoms with E-state index >= 15 is 0 Å². The summed E-state index contributed by atoms with van der Waals surface area (Å²) in [6.45, 7) is 5.98. The van der Waals surface area contributed by atoms with Gasteiger partial charge in [0.05, 0.1) is 0 Å². The average Bonchev–Trinajstić information content (AvgIpc) is 1.89. The molecular weight excluding hydrogens is 155 g/mol. The summed E-state index contributed by atoms with van der Waals surface area (Å²) in [6.07, 6.45) is 1.18. The summed E-state index contributed by atoms with van der Waals surface area (Å²) >= 11 is 3.92. The molecule has 0 saturated carbocycles. The van der Waals surface area contributed by atoms with Crippen molar-refractivity contribution in [3.63, 3.8) is 0 Å². The predicted octanol–water partition coefficient (Wildman–Crippen LogP) is -1.67. The molecule has 3 heteroatoms. The molecule has 10 heavy (non-hydrogen) atoms. The topological polar surface area (TPSA) is 23.1 Å². The molecule has 0 unspecified atom stereocenters. The Morgan fingerprint density at radius 1 is 1.40 bits per heavy atom. The third kappa shape index (κ3) is 34.6. The van der Waals surface area contributed by atoms with Crippen LogP contribution in [0, 0.1) is 5.92 Å². The molecule has 0 atom stereocenters. The Kier molecular flexibility index (Phi) is 29.1. The summed E-state index contributed by atoms with van der Waals surface area (Å²) in [4.78, 5) is 0. The maximum atomic E-state index is 9.63. The summed E-state index contributed by atoms with van der Waals surface area (Å²) in [5.74, 6) is 1.34.